The quantitative estimate of drug-likeness (QED) is 0.583. The van der Waals surface area contributed by atoms with Crippen LogP contribution in [0.25, 0.3) is 11.2 Å². The van der Waals surface area contributed by atoms with Crippen LogP contribution in [0.2, 0.25) is 0 Å². The molecule has 2 aromatic rings. The summed E-state index contributed by atoms with van der Waals surface area (Å²) in [5.41, 5.74) is 0.949. The van der Waals surface area contributed by atoms with E-state index in [1.807, 2.05) is 6.26 Å². The summed E-state index contributed by atoms with van der Waals surface area (Å²) in [5, 5.41) is 40.9. The normalized spacial score (nSPS) is 30.2. The number of hydrogen-bond donors (Lipinski definition) is 3. The number of nitrogens with zero attached hydrogens (tertiary/aromatic N) is 5. The molecule has 0 spiro atoms. The lowest BCUT2D eigenvalue weighted by Gasteiger charge is -2.16. The summed E-state index contributed by atoms with van der Waals surface area (Å²) in [6.07, 6.45) is -0.786. The largest absolute Gasteiger partial charge is 0.394 e. The molecule has 10 heteroatoms. The maximum Gasteiger partial charge on any atom is 0.189 e. The molecule has 9 nitrogen and oxygen atoms in total. The van der Waals surface area contributed by atoms with Crippen LogP contribution in [0.15, 0.2) is 11.4 Å². The predicted molar refractivity (Wildman–Crippen MR) is 67.9 cm³/mol. The van der Waals surface area contributed by atoms with E-state index >= 15 is 0 Å². The fourth-order valence-electron chi connectivity index (χ4n) is 2.19. The summed E-state index contributed by atoms with van der Waals surface area (Å²) in [5.74, 6) is 0. The Morgan fingerprint density at radius 2 is 2.15 bits per heavy atom. The molecule has 0 aromatic carbocycles. The third kappa shape index (κ3) is 1.96. The minimum atomic E-state index is -1.18. The van der Waals surface area contributed by atoms with Gasteiger partial charge in [-0.2, -0.15) is 0 Å². The van der Waals surface area contributed by atoms with Gasteiger partial charge in [-0.05, 0) is 11.5 Å². The second-order valence-corrected chi connectivity index (χ2v) is 5.15. The van der Waals surface area contributed by atoms with E-state index in [2.05, 4.69) is 20.4 Å². The van der Waals surface area contributed by atoms with Crippen molar-refractivity contribution in [2.45, 2.75) is 29.6 Å². The molecular formula is C10H13N5O4S. The van der Waals surface area contributed by atoms with Crippen LogP contribution < -0.4 is 0 Å². The number of hydrogen-bond acceptors (Lipinski definition) is 9. The minimum absolute atomic E-state index is 0.384. The predicted octanol–water partition coefficient (Wildman–Crippen LogP) is -1.45. The lowest BCUT2D eigenvalue weighted by atomic mass is 10.1. The Morgan fingerprint density at radius 3 is 2.80 bits per heavy atom. The van der Waals surface area contributed by atoms with Crippen molar-refractivity contribution >= 4 is 22.9 Å². The molecule has 3 heterocycles. The SMILES string of the molecule is CSc1nnnc2c1ncn2[C@H]1O[C@@H](CO)[C@H](O)[C@@H]1O. The van der Waals surface area contributed by atoms with Gasteiger partial charge in [0.05, 0.1) is 12.9 Å². The molecule has 1 aliphatic heterocycles. The molecule has 1 fully saturated rings. The number of aliphatic hydroxyl groups is 3. The first-order chi connectivity index (χ1) is 9.67. The zero-order valence-corrected chi connectivity index (χ0v) is 11.3. The van der Waals surface area contributed by atoms with Crippen molar-refractivity contribution in [3.05, 3.63) is 6.33 Å². The number of aliphatic hydroxyl groups excluding tert-OH is 3. The van der Waals surface area contributed by atoms with Gasteiger partial charge in [0.1, 0.15) is 28.9 Å². The first-order valence-corrected chi connectivity index (χ1v) is 7.12. The molecule has 0 saturated carbocycles. The third-order valence-electron chi connectivity index (χ3n) is 3.23. The van der Waals surface area contributed by atoms with Crippen LogP contribution in [0, 0.1) is 0 Å². The van der Waals surface area contributed by atoms with Gasteiger partial charge in [-0.25, -0.2) is 4.98 Å². The van der Waals surface area contributed by atoms with E-state index in [1.54, 1.807) is 0 Å². The highest BCUT2D eigenvalue weighted by Gasteiger charge is 2.44. The summed E-state index contributed by atoms with van der Waals surface area (Å²) >= 11 is 1.38. The molecule has 0 unspecified atom stereocenters. The van der Waals surface area contributed by atoms with Crippen LogP contribution >= 0.6 is 11.8 Å². The smallest absolute Gasteiger partial charge is 0.189 e. The van der Waals surface area contributed by atoms with Crippen LogP contribution in [0.1, 0.15) is 6.23 Å². The Kier molecular flexibility index (Phi) is 3.56. The van der Waals surface area contributed by atoms with E-state index in [4.69, 9.17) is 9.84 Å². The van der Waals surface area contributed by atoms with Crippen LogP contribution in [0.3, 0.4) is 0 Å². The number of thioether (sulfide) groups is 1. The highest BCUT2D eigenvalue weighted by molar-refractivity contribution is 7.98. The molecule has 0 bridgehead atoms. The van der Waals surface area contributed by atoms with Crippen molar-refractivity contribution in [3.63, 3.8) is 0 Å². The Balaban J connectivity index is 2.03. The van der Waals surface area contributed by atoms with E-state index in [1.165, 1.54) is 22.7 Å². The summed E-state index contributed by atoms with van der Waals surface area (Å²) in [4.78, 5) is 4.19. The number of rotatable bonds is 3. The third-order valence-corrected chi connectivity index (χ3v) is 3.89. The van der Waals surface area contributed by atoms with E-state index < -0.39 is 24.5 Å². The Bertz CT molecular complexity index is 623. The number of aromatic nitrogens is 5. The zero-order valence-electron chi connectivity index (χ0n) is 10.5. The van der Waals surface area contributed by atoms with Crippen molar-refractivity contribution in [3.8, 4) is 0 Å². The van der Waals surface area contributed by atoms with Crippen LogP contribution in [-0.2, 0) is 4.74 Å². The van der Waals surface area contributed by atoms with Gasteiger partial charge in [0.15, 0.2) is 11.9 Å². The second-order valence-electron chi connectivity index (χ2n) is 4.35. The Morgan fingerprint density at radius 1 is 1.35 bits per heavy atom. The summed E-state index contributed by atoms with van der Waals surface area (Å²) in [6, 6.07) is 0. The van der Waals surface area contributed by atoms with Crippen molar-refractivity contribution in [1.82, 2.24) is 25.0 Å². The lowest BCUT2D eigenvalue weighted by Crippen LogP contribution is -2.33. The average Bonchev–Trinajstić information content (AvgIpc) is 3.01. The molecule has 3 rings (SSSR count). The monoisotopic (exact) mass is 299 g/mol. The van der Waals surface area contributed by atoms with Gasteiger partial charge in [0, 0.05) is 0 Å². The van der Waals surface area contributed by atoms with Crippen molar-refractivity contribution in [2.75, 3.05) is 12.9 Å². The Hall–Kier alpha value is -1.33. The van der Waals surface area contributed by atoms with Gasteiger partial charge in [0.2, 0.25) is 0 Å². The molecule has 108 valence electrons. The number of imidazole rings is 1. The number of ether oxygens (including phenoxy) is 1. The van der Waals surface area contributed by atoms with Crippen molar-refractivity contribution < 1.29 is 20.1 Å². The van der Waals surface area contributed by atoms with Crippen LogP contribution in [0.4, 0.5) is 0 Å². The molecule has 20 heavy (non-hydrogen) atoms. The molecule has 1 aliphatic rings. The van der Waals surface area contributed by atoms with E-state index in [0.717, 1.165) is 0 Å². The van der Waals surface area contributed by atoms with Crippen molar-refractivity contribution in [1.29, 1.82) is 0 Å². The first-order valence-electron chi connectivity index (χ1n) is 5.89. The fraction of sp³-hybridized carbons (Fsp3) is 0.600. The van der Waals surface area contributed by atoms with Gasteiger partial charge < -0.3 is 20.1 Å². The number of fused-ring (bicyclic) bond motifs is 1. The summed E-state index contributed by atoms with van der Waals surface area (Å²) < 4.78 is 6.92. The average molecular weight is 299 g/mol. The van der Waals surface area contributed by atoms with Crippen molar-refractivity contribution in [2.24, 2.45) is 0 Å². The molecule has 0 aliphatic carbocycles. The van der Waals surface area contributed by atoms with Crippen LogP contribution in [-0.4, -0.2) is 71.5 Å². The molecule has 3 N–H and O–H groups in total. The van der Waals surface area contributed by atoms with E-state index in [9.17, 15) is 10.2 Å². The minimum Gasteiger partial charge on any atom is -0.394 e. The van der Waals surface area contributed by atoms with Gasteiger partial charge in [0.25, 0.3) is 0 Å². The zero-order chi connectivity index (χ0) is 14.3. The summed E-state index contributed by atoms with van der Waals surface area (Å²) in [6.45, 7) is -0.384. The van der Waals surface area contributed by atoms with Gasteiger partial charge in [-0.3, -0.25) is 4.57 Å². The second kappa shape index (κ2) is 5.22. The maximum absolute atomic E-state index is 10.0. The van der Waals surface area contributed by atoms with Gasteiger partial charge in [-0.15, -0.1) is 22.0 Å². The topological polar surface area (TPSA) is 126 Å². The molecule has 0 amide bonds. The highest BCUT2D eigenvalue weighted by Crippen LogP contribution is 2.32. The molecular weight excluding hydrogens is 286 g/mol. The summed E-state index contributed by atoms with van der Waals surface area (Å²) in [7, 11) is 0. The first kappa shape index (κ1) is 13.6. The lowest BCUT2D eigenvalue weighted by molar-refractivity contribution is -0.0511. The highest BCUT2D eigenvalue weighted by atomic mass is 32.2. The maximum atomic E-state index is 10.0. The fourth-order valence-corrected chi connectivity index (χ4v) is 2.65. The van der Waals surface area contributed by atoms with E-state index in [0.29, 0.717) is 16.2 Å². The molecule has 4 atom stereocenters. The van der Waals surface area contributed by atoms with Gasteiger partial charge >= 0.3 is 0 Å². The van der Waals surface area contributed by atoms with Gasteiger partial charge in [-0.1, -0.05) is 0 Å². The molecule has 1 saturated heterocycles. The molecule has 2 aromatic heterocycles. The van der Waals surface area contributed by atoms with Crippen LogP contribution in [0.5, 0.6) is 0 Å². The standard InChI is InChI=1S/C10H13N5O4S/c1-20-9-5-8(12-14-13-9)15(3-11-5)10-7(18)6(17)4(2-16)19-10/h3-4,6-7,10,16-18H,2H2,1H3/t4-,6-,7-,10-/m0/s1. The molecule has 0 radical (unpaired) electrons. The van der Waals surface area contributed by atoms with E-state index in [-0.39, 0.29) is 6.61 Å². The Labute approximate surface area is 117 Å².